The Hall–Kier alpha value is -2.18. The van der Waals surface area contributed by atoms with E-state index in [0.717, 1.165) is 22.2 Å². The van der Waals surface area contributed by atoms with Gasteiger partial charge in [-0.05, 0) is 47.1 Å². The SMILES string of the molecule is CC(C)(C)CC(C)(C)c1ccc(OCC(=O)Nc2nc(-c3ccc(Br)cc3)cs2)cc1. The standard InChI is InChI=1S/C25H29BrN2O2S/c1-24(2,3)16-25(4,5)18-8-12-20(13-9-18)30-14-22(29)28-23-27-21(15-31-23)17-6-10-19(26)11-7-17/h6-13,15H,14,16H2,1-5H3,(H,27,28,29). The van der Waals surface area contributed by atoms with Crippen LogP contribution in [0.15, 0.2) is 58.4 Å². The maximum atomic E-state index is 12.3. The third-order valence-corrected chi connectivity index (χ3v) is 6.15. The number of amides is 1. The molecule has 0 fully saturated rings. The van der Waals surface area contributed by atoms with Gasteiger partial charge in [0, 0.05) is 15.4 Å². The van der Waals surface area contributed by atoms with E-state index < -0.39 is 0 Å². The lowest BCUT2D eigenvalue weighted by molar-refractivity contribution is -0.118. The lowest BCUT2D eigenvalue weighted by Gasteiger charge is -2.33. The third-order valence-electron chi connectivity index (χ3n) is 4.87. The predicted octanol–water partition coefficient (Wildman–Crippen LogP) is 7.30. The van der Waals surface area contributed by atoms with Crippen LogP contribution in [0.5, 0.6) is 5.75 Å². The van der Waals surface area contributed by atoms with Crippen LogP contribution in [0.25, 0.3) is 11.3 Å². The monoisotopic (exact) mass is 500 g/mol. The Bertz CT molecular complexity index is 1020. The van der Waals surface area contributed by atoms with Crippen molar-refractivity contribution in [2.24, 2.45) is 5.41 Å². The summed E-state index contributed by atoms with van der Waals surface area (Å²) in [7, 11) is 0. The number of hydrogen-bond donors (Lipinski definition) is 1. The molecule has 0 bridgehead atoms. The van der Waals surface area contributed by atoms with Crippen molar-refractivity contribution in [3.8, 4) is 17.0 Å². The molecule has 1 heterocycles. The highest BCUT2D eigenvalue weighted by Crippen LogP contribution is 2.36. The van der Waals surface area contributed by atoms with Gasteiger partial charge >= 0.3 is 0 Å². The fourth-order valence-corrected chi connectivity index (χ4v) is 4.82. The van der Waals surface area contributed by atoms with Crippen molar-refractivity contribution >= 4 is 38.3 Å². The van der Waals surface area contributed by atoms with Crippen LogP contribution in [-0.4, -0.2) is 17.5 Å². The number of nitrogens with zero attached hydrogens (tertiary/aromatic N) is 1. The van der Waals surface area contributed by atoms with E-state index in [-0.39, 0.29) is 23.3 Å². The second-order valence-corrected chi connectivity index (χ2v) is 11.3. The summed E-state index contributed by atoms with van der Waals surface area (Å²) in [4.78, 5) is 16.8. The molecule has 0 saturated carbocycles. The smallest absolute Gasteiger partial charge is 0.264 e. The van der Waals surface area contributed by atoms with Crippen molar-refractivity contribution < 1.29 is 9.53 Å². The van der Waals surface area contributed by atoms with Crippen LogP contribution in [0.2, 0.25) is 0 Å². The molecular weight excluding hydrogens is 472 g/mol. The predicted molar refractivity (Wildman–Crippen MR) is 133 cm³/mol. The molecular formula is C25H29BrN2O2S. The number of ether oxygens (including phenoxy) is 1. The van der Waals surface area contributed by atoms with E-state index in [4.69, 9.17) is 4.74 Å². The molecule has 1 aromatic heterocycles. The van der Waals surface area contributed by atoms with Gasteiger partial charge in [-0.2, -0.15) is 0 Å². The molecule has 0 atom stereocenters. The molecule has 0 aliphatic heterocycles. The van der Waals surface area contributed by atoms with Crippen LogP contribution in [-0.2, 0) is 10.2 Å². The molecule has 0 unspecified atom stereocenters. The number of benzene rings is 2. The molecule has 0 spiro atoms. The summed E-state index contributed by atoms with van der Waals surface area (Å²) in [5.41, 5.74) is 3.44. The van der Waals surface area contributed by atoms with Gasteiger partial charge in [-0.1, -0.05) is 74.8 Å². The zero-order valence-electron chi connectivity index (χ0n) is 18.7. The van der Waals surface area contributed by atoms with Gasteiger partial charge in [0.05, 0.1) is 5.69 Å². The first kappa shape index (κ1) is 23.5. The third kappa shape index (κ3) is 6.91. The Kier molecular flexibility index (Phi) is 7.22. The lowest BCUT2D eigenvalue weighted by atomic mass is 9.72. The average molecular weight is 501 g/mol. The largest absolute Gasteiger partial charge is 0.484 e. The molecule has 31 heavy (non-hydrogen) atoms. The molecule has 0 aliphatic carbocycles. The van der Waals surface area contributed by atoms with Crippen molar-refractivity contribution in [2.75, 3.05) is 11.9 Å². The molecule has 3 rings (SSSR count). The van der Waals surface area contributed by atoms with E-state index >= 15 is 0 Å². The second-order valence-electron chi connectivity index (χ2n) is 9.53. The summed E-state index contributed by atoms with van der Waals surface area (Å²) in [6.07, 6.45) is 1.08. The number of halogens is 1. The van der Waals surface area contributed by atoms with Gasteiger partial charge in [-0.25, -0.2) is 4.98 Å². The average Bonchev–Trinajstić information content (AvgIpc) is 3.14. The fourth-order valence-electron chi connectivity index (χ4n) is 3.82. The number of thiazole rings is 1. The van der Waals surface area contributed by atoms with E-state index in [9.17, 15) is 4.79 Å². The van der Waals surface area contributed by atoms with E-state index in [2.05, 4.69) is 73.0 Å². The summed E-state index contributed by atoms with van der Waals surface area (Å²) in [5.74, 6) is 0.453. The fraction of sp³-hybridized carbons (Fsp3) is 0.360. The molecule has 0 saturated heterocycles. The normalized spacial score (nSPS) is 11.9. The summed E-state index contributed by atoms with van der Waals surface area (Å²) in [6.45, 7) is 11.2. The second kappa shape index (κ2) is 9.53. The van der Waals surface area contributed by atoms with Gasteiger partial charge in [0.15, 0.2) is 11.7 Å². The van der Waals surface area contributed by atoms with Gasteiger partial charge in [-0.3, -0.25) is 10.1 Å². The number of carbonyl (C=O) groups is 1. The van der Waals surface area contributed by atoms with Crippen LogP contribution in [0.1, 0.15) is 46.6 Å². The minimum atomic E-state index is -0.228. The maximum absolute atomic E-state index is 12.3. The van der Waals surface area contributed by atoms with Crippen LogP contribution in [0.3, 0.4) is 0 Å². The van der Waals surface area contributed by atoms with Gasteiger partial charge < -0.3 is 4.74 Å². The topological polar surface area (TPSA) is 51.2 Å². The summed E-state index contributed by atoms with van der Waals surface area (Å²) < 4.78 is 6.69. The summed E-state index contributed by atoms with van der Waals surface area (Å²) >= 11 is 4.83. The molecule has 1 amide bonds. The number of nitrogens with one attached hydrogen (secondary N) is 1. The van der Waals surface area contributed by atoms with Gasteiger partial charge in [-0.15, -0.1) is 11.3 Å². The van der Waals surface area contributed by atoms with Crippen LogP contribution < -0.4 is 10.1 Å². The molecule has 3 aromatic rings. The Morgan fingerprint density at radius 2 is 1.68 bits per heavy atom. The Labute approximate surface area is 197 Å². The zero-order valence-corrected chi connectivity index (χ0v) is 21.1. The number of anilines is 1. The Morgan fingerprint density at radius 3 is 2.29 bits per heavy atom. The summed E-state index contributed by atoms with van der Waals surface area (Å²) in [6, 6.07) is 16.0. The molecule has 164 valence electrons. The minimum Gasteiger partial charge on any atom is -0.484 e. The van der Waals surface area contributed by atoms with Gasteiger partial charge in [0.25, 0.3) is 5.91 Å². The van der Waals surface area contributed by atoms with Crippen molar-refractivity contribution in [3.05, 3.63) is 63.9 Å². The quantitative estimate of drug-likeness (QED) is 0.370. The van der Waals surface area contributed by atoms with Gasteiger partial charge in [0.1, 0.15) is 5.75 Å². The van der Waals surface area contributed by atoms with Crippen molar-refractivity contribution in [1.82, 2.24) is 4.98 Å². The zero-order chi connectivity index (χ0) is 22.6. The molecule has 2 aromatic carbocycles. The molecule has 1 N–H and O–H groups in total. The summed E-state index contributed by atoms with van der Waals surface area (Å²) in [5, 5.41) is 5.30. The van der Waals surface area contributed by atoms with E-state index in [1.807, 2.05) is 41.8 Å². The minimum absolute atomic E-state index is 0.0576. The van der Waals surface area contributed by atoms with Crippen LogP contribution in [0, 0.1) is 5.41 Å². The van der Waals surface area contributed by atoms with Crippen molar-refractivity contribution in [2.45, 2.75) is 46.5 Å². The van der Waals surface area contributed by atoms with E-state index in [0.29, 0.717) is 10.9 Å². The highest BCUT2D eigenvalue weighted by atomic mass is 79.9. The first-order chi connectivity index (χ1) is 14.5. The van der Waals surface area contributed by atoms with Crippen molar-refractivity contribution in [1.29, 1.82) is 0 Å². The van der Waals surface area contributed by atoms with Gasteiger partial charge in [0.2, 0.25) is 0 Å². The van der Waals surface area contributed by atoms with E-state index in [1.165, 1.54) is 16.9 Å². The van der Waals surface area contributed by atoms with Crippen LogP contribution >= 0.6 is 27.3 Å². The highest BCUT2D eigenvalue weighted by molar-refractivity contribution is 9.10. The molecule has 0 aliphatic rings. The number of aromatic nitrogens is 1. The number of carbonyl (C=O) groups excluding carboxylic acids is 1. The number of rotatable bonds is 7. The molecule has 0 radical (unpaired) electrons. The lowest BCUT2D eigenvalue weighted by Crippen LogP contribution is -2.24. The maximum Gasteiger partial charge on any atom is 0.264 e. The molecule has 6 heteroatoms. The van der Waals surface area contributed by atoms with Crippen molar-refractivity contribution in [3.63, 3.8) is 0 Å². The first-order valence-electron chi connectivity index (χ1n) is 10.3. The van der Waals surface area contributed by atoms with Crippen LogP contribution in [0.4, 0.5) is 5.13 Å². The highest BCUT2D eigenvalue weighted by Gasteiger charge is 2.27. The Morgan fingerprint density at radius 1 is 1.03 bits per heavy atom. The van der Waals surface area contributed by atoms with E-state index in [1.54, 1.807) is 0 Å². The molecule has 4 nitrogen and oxygen atoms in total. The first-order valence-corrected chi connectivity index (χ1v) is 11.9. The number of hydrogen-bond acceptors (Lipinski definition) is 4. The Balaban J connectivity index is 1.54.